The summed E-state index contributed by atoms with van der Waals surface area (Å²) in [4.78, 5) is 15.2. The van der Waals surface area contributed by atoms with E-state index in [2.05, 4.69) is 11.1 Å². The Balaban J connectivity index is 2.10. The standard InChI is InChI=1S/C17H13ClN2O2S/c18-12-5-3-10(4-6-12)13-7-15(11-1-2-11)20-17(14(13)8-19)23-9-16(21)22/h3-7,11H,1-2,9H2,(H,21,22)/p-1. The maximum Gasteiger partial charge on any atom is 0.115 e. The minimum atomic E-state index is -1.18. The van der Waals surface area contributed by atoms with Crippen LogP contribution in [-0.4, -0.2) is 16.7 Å². The fraction of sp³-hybridized carbons (Fsp3) is 0.235. The molecule has 116 valence electrons. The number of halogens is 1. The second-order valence-electron chi connectivity index (χ2n) is 5.33. The molecule has 0 radical (unpaired) electrons. The quantitative estimate of drug-likeness (QED) is 0.780. The molecule has 1 aromatic heterocycles. The number of carbonyl (C=O) groups excluding carboxylic acids is 1. The van der Waals surface area contributed by atoms with Gasteiger partial charge in [0.2, 0.25) is 0 Å². The largest absolute Gasteiger partial charge is 0.549 e. The minimum Gasteiger partial charge on any atom is -0.549 e. The van der Waals surface area contributed by atoms with Gasteiger partial charge in [-0.2, -0.15) is 5.26 Å². The molecule has 1 saturated carbocycles. The van der Waals surface area contributed by atoms with Crippen molar-refractivity contribution < 1.29 is 9.90 Å². The maximum absolute atomic E-state index is 10.7. The van der Waals surface area contributed by atoms with Crippen LogP contribution in [0.2, 0.25) is 5.02 Å². The lowest BCUT2D eigenvalue weighted by Gasteiger charge is -2.12. The highest BCUT2D eigenvalue weighted by Gasteiger charge is 2.27. The van der Waals surface area contributed by atoms with Gasteiger partial charge < -0.3 is 9.90 Å². The number of hydrogen-bond acceptors (Lipinski definition) is 5. The van der Waals surface area contributed by atoms with Gasteiger partial charge in [0.05, 0.1) is 11.5 Å². The first kappa shape index (κ1) is 15.9. The summed E-state index contributed by atoms with van der Waals surface area (Å²) in [6.07, 6.45) is 2.15. The van der Waals surface area contributed by atoms with E-state index in [1.165, 1.54) is 0 Å². The van der Waals surface area contributed by atoms with Gasteiger partial charge in [0.1, 0.15) is 11.1 Å². The molecule has 0 unspecified atom stereocenters. The molecule has 4 nitrogen and oxygen atoms in total. The van der Waals surface area contributed by atoms with E-state index in [-0.39, 0.29) is 5.75 Å². The number of carboxylic acids is 1. The molecule has 3 rings (SSSR count). The first-order valence-corrected chi connectivity index (χ1v) is 8.48. The van der Waals surface area contributed by atoms with Gasteiger partial charge in [0, 0.05) is 28.0 Å². The van der Waals surface area contributed by atoms with Gasteiger partial charge in [-0.1, -0.05) is 35.5 Å². The van der Waals surface area contributed by atoms with Crippen LogP contribution in [0.15, 0.2) is 35.4 Å². The average Bonchev–Trinajstić information content (AvgIpc) is 3.37. The molecule has 23 heavy (non-hydrogen) atoms. The Kier molecular flexibility index (Phi) is 4.56. The SMILES string of the molecule is N#Cc1c(-c2ccc(Cl)cc2)cc(C2CC2)nc1SCC(=O)[O-]. The summed E-state index contributed by atoms with van der Waals surface area (Å²) in [6, 6.07) is 11.3. The van der Waals surface area contributed by atoms with Gasteiger partial charge in [0.15, 0.2) is 0 Å². The molecule has 2 aromatic rings. The van der Waals surface area contributed by atoms with Crippen molar-refractivity contribution in [2.24, 2.45) is 0 Å². The number of thioether (sulfide) groups is 1. The van der Waals surface area contributed by atoms with Crippen molar-refractivity contribution in [3.63, 3.8) is 0 Å². The second-order valence-corrected chi connectivity index (χ2v) is 6.73. The van der Waals surface area contributed by atoms with Crippen molar-refractivity contribution in [1.29, 1.82) is 5.26 Å². The number of carboxylic acid groups (broad SMARTS) is 1. The molecular formula is C17H12ClN2O2S-. The van der Waals surface area contributed by atoms with Gasteiger partial charge >= 0.3 is 0 Å². The normalized spacial score (nSPS) is 13.6. The summed E-state index contributed by atoms with van der Waals surface area (Å²) in [7, 11) is 0. The summed E-state index contributed by atoms with van der Waals surface area (Å²) in [5, 5.41) is 21.3. The number of nitrogens with zero attached hydrogens (tertiary/aromatic N) is 2. The predicted octanol–water partition coefficient (Wildman–Crippen LogP) is 2.99. The molecule has 0 spiro atoms. The molecule has 1 aromatic carbocycles. The van der Waals surface area contributed by atoms with Gasteiger partial charge in [-0.15, -0.1) is 0 Å². The highest BCUT2D eigenvalue weighted by molar-refractivity contribution is 7.99. The second kappa shape index (κ2) is 6.61. The van der Waals surface area contributed by atoms with Crippen molar-refractivity contribution in [1.82, 2.24) is 4.98 Å². The number of hydrogen-bond donors (Lipinski definition) is 0. The summed E-state index contributed by atoms with van der Waals surface area (Å²) in [6.45, 7) is 0. The number of rotatable bonds is 5. The number of pyridine rings is 1. The lowest BCUT2D eigenvalue weighted by molar-refractivity contribution is -0.301. The highest BCUT2D eigenvalue weighted by Crippen LogP contribution is 2.42. The topological polar surface area (TPSA) is 76.8 Å². The van der Waals surface area contributed by atoms with Crippen LogP contribution in [0.4, 0.5) is 0 Å². The van der Waals surface area contributed by atoms with Crippen molar-refractivity contribution in [3.05, 3.63) is 46.6 Å². The lowest BCUT2D eigenvalue weighted by atomic mass is 10.0. The maximum atomic E-state index is 10.7. The Morgan fingerprint density at radius 1 is 1.39 bits per heavy atom. The van der Waals surface area contributed by atoms with Crippen LogP contribution < -0.4 is 5.11 Å². The fourth-order valence-electron chi connectivity index (χ4n) is 2.33. The summed E-state index contributed by atoms with van der Waals surface area (Å²) in [5.74, 6) is -1.00. The van der Waals surface area contributed by atoms with Crippen LogP contribution in [0.25, 0.3) is 11.1 Å². The van der Waals surface area contributed by atoms with Crippen LogP contribution in [0.5, 0.6) is 0 Å². The van der Waals surface area contributed by atoms with Gasteiger partial charge in [-0.05, 0) is 36.6 Å². The third-order valence-corrected chi connectivity index (χ3v) is 4.80. The Labute approximate surface area is 143 Å². The van der Waals surface area contributed by atoms with Crippen molar-refractivity contribution in [2.45, 2.75) is 23.8 Å². The van der Waals surface area contributed by atoms with E-state index in [9.17, 15) is 15.2 Å². The lowest BCUT2D eigenvalue weighted by Crippen LogP contribution is -2.24. The van der Waals surface area contributed by atoms with Crippen LogP contribution in [0, 0.1) is 11.3 Å². The smallest absolute Gasteiger partial charge is 0.115 e. The van der Waals surface area contributed by atoms with E-state index >= 15 is 0 Å². The minimum absolute atomic E-state index is 0.226. The van der Waals surface area contributed by atoms with Crippen molar-refractivity contribution in [2.75, 3.05) is 5.75 Å². The zero-order chi connectivity index (χ0) is 16.4. The van der Waals surface area contributed by atoms with Gasteiger partial charge in [0.25, 0.3) is 0 Å². The molecule has 6 heteroatoms. The Bertz CT molecular complexity index is 795. The number of carbonyl (C=O) groups is 1. The molecule has 0 atom stereocenters. The van der Waals surface area contributed by atoms with Crippen molar-refractivity contribution in [3.8, 4) is 17.2 Å². The zero-order valence-corrected chi connectivity index (χ0v) is 13.7. The van der Waals surface area contributed by atoms with E-state index in [1.54, 1.807) is 12.1 Å². The molecule has 1 aliphatic rings. The van der Waals surface area contributed by atoms with Gasteiger partial charge in [-0.3, -0.25) is 0 Å². The number of aromatic nitrogens is 1. The third kappa shape index (κ3) is 3.66. The zero-order valence-electron chi connectivity index (χ0n) is 12.1. The molecule has 1 heterocycles. The predicted molar refractivity (Wildman–Crippen MR) is 87.1 cm³/mol. The summed E-state index contributed by atoms with van der Waals surface area (Å²) < 4.78 is 0. The third-order valence-electron chi connectivity index (χ3n) is 3.60. The monoisotopic (exact) mass is 343 g/mol. The van der Waals surface area contributed by atoms with Crippen LogP contribution >= 0.6 is 23.4 Å². The molecule has 1 fully saturated rings. The number of nitriles is 1. The summed E-state index contributed by atoms with van der Waals surface area (Å²) in [5.41, 5.74) is 2.94. The van der Waals surface area contributed by atoms with E-state index in [0.717, 1.165) is 41.4 Å². The van der Waals surface area contributed by atoms with Crippen molar-refractivity contribution >= 4 is 29.3 Å². The first-order valence-electron chi connectivity index (χ1n) is 7.12. The first-order chi connectivity index (χ1) is 11.1. The molecular weight excluding hydrogens is 332 g/mol. The summed E-state index contributed by atoms with van der Waals surface area (Å²) >= 11 is 6.96. The Morgan fingerprint density at radius 2 is 2.09 bits per heavy atom. The van der Waals surface area contributed by atoms with E-state index in [1.807, 2.05) is 18.2 Å². The number of benzene rings is 1. The van der Waals surface area contributed by atoms with E-state index in [0.29, 0.717) is 21.5 Å². The molecule has 0 amide bonds. The highest BCUT2D eigenvalue weighted by atomic mass is 35.5. The van der Waals surface area contributed by atoms with E-state index < -0.39 is 5.97 Å². The van der Waals surface area contributed by atoms with Crippen LogP contribution in [0.1, 0.15) is 30.0 Å². The molecule has 0 aliphatic heterocycles. The van der Waals surface area contributed by atoms with Gasteiger partial charge in [-0.25, -0.2) is 4.98 Å². The molecule has 0 saturated heterocycles. The van der Waals surface area contributed by atoms with Crippen LogP contribution in [-0.2, 0) is 4.79 Å². The Hall–Kier alpha value is -2.03. The molecule has 0 N–H and O–H groups in total. The number of aliphatic carboxylic acids is 1. The molecule has 0 bridgehead atoms. The Morgan fingerprint density at radius 3 is 2.65 bits per heavy atom. The molecule has 1 aliphatic carbocycles. The average molecular weight is 344 g/mol. The van der Waals surface area contributed by atoms with E-state index in [4.69, 9.17) is 11.6 Å². The fourth-order valence-corrected chi connectivity index (χ4v) is 3.18. The van der Waals surface area contributed by atoms with Crippen LogP contribution in [0.3, 0.4) is 0 Å².